The maximum Gasteiger partial charge on any atom is 0.337 e. The van der Waals surface area contributed by atoms with Gasteiger partial charge in [-0.1, -0.05) is 30.3 Å². The van der Waals surface area contributed by atoms with Gasteiger partial charge in [0.25, 0.3) is 0 Å². The molecule has 0 aromatic heterocycles. The molecule has 2 N–H and O–H groups in total. The minimum absolute atomic E-state index is 0.380. The summed E-state index contributed by atoms with van der Waals surface area (Å²) in [7, 11) is 1.35. The maximum absolute atomic E-state index is 11.5. The number of anilines is 1. The van der Waals surface area contributed by atoms with E-state index in [2.05, 4.69) is 4.74 Å². The van der Waals surface area contributed by atoms with Crippen molar-refractivity contribution in [2.45, 2.75) is 0 Å². The molecule has 0 aliphatic rings. The van der Waals surface area contributed by atoms with Crippen LogP contribution in [0.5, 0.6) is 0 Å². The van der Waals surface area contributed by atoms with Crippen molar-refractivity contribution in [3.8, 4) is 11.1 Å². The van der Waals surface area contributed by atoms with Gasteiger partial charge in [-0.3, -0.25) is 0 Å². The zero-order chi connectivity index (χ0) is 12.3. The van der Waals surface area contributed by atoms with E-state index in [4.69, 9.17) is 5.73 Å². The van der Waals surface area contributed by atoms with E-state index in [-0.39, 0.29) is 5.97 Å². The summed E-state index contributed by atoms with van der Waals surface area (Å²) in [5.74, 6) is -0.380. The van der Waals surface area contributed by atoms with Gasteiger partial charge in [-0.15, -0.1) is 0 Å². The molecule has 3 nitrogen and oxygen atoms in total. The number of esters is 1. The van der Waals surface area contributed by atoms with Gasteiger partial charge in [0.2, 0.25) is 0 Å². The summed E-state index contributed by atoms with van der Waals surface area (Å²) >= 11 is 0. The Hall–Kier alpha value is -2.29. The monoisotopic (exact) mass is 227 g/mol. The van der Waals surface area contributed by atoms with Crippen LogP contribution in [0.2, 0.25) is 0 Å². The molecule has 0 saturated carbocycles. The van der Waals surface area contributed by atoms with Gasteiger partial charge in [0.15, 0.2) is 0 Å². The zero-order valence-electron chi connectivity index (χ0n) is 9.51. The van der Waals surface area contributed by atoms with E-state index < -0.39 is 0 Å². The SMILES string of the molecule is COC(=O)c1cc(N)cc(-c2ccccc2)c1. The molecule has 2 aromatic carbocycles. The van der Waals surface area contributed by atoms with Crippen molar-refractivity contribution >= 4 is 11.7 Å². The van der Waals surface area contributed by atoms with Gasteiger partial charge in [-0.25, -0.2) is 4.79 Å². The molecule has 0 aliphatic carbocycles. The molecule has 0 spiro atoms. The van der Waals surface area contributed by atoms with Crippen molar-refractivity contribution in [3.63, 3.8) is 0 Å². The third-order valence-electron chi connectivity index (χ3n) is 2.48. The van der Waals surface area contributed by atoms with Crippen molar-refractivity contribution in [1.82, 2.24) is 0 Å². The van der Waals surface area contributed by atoms with Crippen LogP contribution < -0.4 is 5.73 Å². The van der Waals surface area contributed by atoms with E-state index in [1.807, 2.05) is 36.4 Å². The largest absolute Gasteiger partial charge is 0.465 e. The lowest BCUT2D eigenvalue weighted by molar-refractivity contribution is 0.0601. The number of nitrogen functional groups attached to an aromatic ring is 1. The minimum Gasteiger partial charge on any atom is -0.465 e. The smallest absolute Gasteiger partial charge is 0.337 e. The van der Waals surface area contributed by atoms with Gasteiger partial charge in [0, 0.05) is 5.69 Å². The molecule has 0 radical (unpaired) electrons. The Labute approximate surface area is 99.8 Å². The summed E-state index contributed by atoms with van der Waals surface area (Å²) in [6.45, 7) is 0. The average Bonchev–Trinajstić information content (AvgIpc) is 2.38. The number of carbonyl (C=O) groups is 1. The maximum atomic E-state index is 11.5. The fourth-order valence-electron chi connectivity index (χ4n) is 1.68. The van der Waals surface area contributed by atoms with Crippen LogP contribution in [0.15, 0.2) is 48.5 Å². The number of rotatable bonds is 2. The third kappa shape index (κ3) is 2.45. The number of methoxy groups -OCH3 is 1. The highest BCUT2D eigenvalue weighted by Gasteiger charge is 2.08. The van der Waals surface area contributed by atoms with Crippen molar-refractivity contribution < 1.29 is 9.53 Å². The first kappa shape index (κ1) is 11.2. The molecule has 0 saturated heterocycles. The van der Waals surface area contributed by atoms with Crippen LogP contribution in [0.25, 0.3) is 11.1 Å². The quantitative estimate of drug-likeness (QED) is 0.634. The first-order valence-corrected chi connectivity index (χ1v) is 5.25. The van der Waals surface area contributed by atoms with Crippen molar-refractivity contribution in [2.75, 3.05) is 12.8 Å². The normalized spacial score (nSPS) is 9.94. The fourth-order valence-corrected chi connectivity index (χ4v) is 1.68. The summed E-state index contributed by atoms with van der Waals surface area (Å²) < 4.78 is 4.69. The van der Waals surface area contributed by atoms with Crippen LogP contribution in [0.3, 0.4) is 0 Å². The zero-order valence-corrected chi connectivity index (χ0v) is 9.51. The van der Waals surface area contributed by atoms with E-state index in [1.165, 1.54) is 7.11 Å². The molecule has 0 fully saturated rings. The molecule has 0 unspecified atom stereocenters. The Morgan fingerprint density at radius 2 is 1.76 bits per heavy atom. The second-order valence-corrected chi connectivity index (χ2v) is 3.70. The molecule has 2 aromatic rings. The van der Waals surface area contributed by atoms with E-state index in [1.54, 1.807) is 12.1 Å². The van der Waals surface area contributed by atoms with Crippen LogP contribution in [-0.2, 0) is 4.74 Å². The predicted octanol–water partition coefficient (Wildman–Crippen LogP) is 2.72. The van der Waals surface area contributed by atoms with Gasteiger partial charge >= 0.3 is 5.97 Å². The summed E-state index contributed by atoms with van der Waals surface area (Å²) in [5.41, 5.74) is 8.72. The van der Waals surface area contributed by atoms with Crippen LogP contribution in [0, 0.1) is 0 Å². The topological polar surface area (TPSA) is 52.3 Å². The van der Waals surface area contributed by atoms with E-state index in [0.717, 1.165) is 11.1 Å². The second kappa shape index (κ2) is 4.70. The highest BCUT2D eigenvalue weighted by molar-refractivity contribution is 5.92. The van der Waals surface area contributed by atoms with Crippen LogP contribution in [0.4, 0.5) is 5.69 Å². The number of carbonyl (C=O) groups excluding carboxylic acids is 1. The van der Waals surface area contributed by atoms with Gasteiger partial charge in [-0.05, 0) is 29.3 Å². The Bertz CT molecular complexity index is 535. The molecule has 86 valence electrons. The highest BCUT2D eigenvalue weighted by Crippen LogP contribution is 2.23. The molecule has 0 heterocycles. The Kier molecular flexibility index (Phi) is 3.10. The van der Waals surface area contributed by atoms with Gasteiger partial charge in [0.1, 0.15) is 0 Å². The molecule has 3 heteroatoms. The van der Waals surface area contributed by atoms with Gasteiger partial charge in [0.05, 0.1) is 12.7 Å². The fraction of sp³-hybridized carbons (Fsp3) is 0.0714. The van der Waals surface area contributed by atoms with Crippen molar-refractivity contribution in [1.29, 1.82) is 0 Å². The lowest BCUT2D eigenvalue weighted by atomic mass is 10.0. The summed E-state index contributed by atoms with van der Waals surface area (Å²) in [6, 6.07) is 15.0. The number of benzene rings is 2. The summed E-state index contributed by atoms with van der Waals surface area (Å²) in [5, 5.41) is 0. The molecular weight excluding hydrogens is 214 g/mol. The second-order valence-electron chi connectivity index (χ2n) is 3.70. The number of ether oxygens (including phenoxy) is 1. The molecule has 0 atom stereocenters. The number of nitrogens with two attached hydrogens (primary N) is 1. The molecule has 2 rings (SSSR count). The Balaban J connectivity index is 2.49. The first-order valence-electron chi connectivity index (χ1n) is 5.25. The predicted molar refractivity (Wildman–Crippen MR) is 67.6 cm³/mol. The van der Waals surface area contributed by atoms with Crippen molar-refractivity contribution in [3.05, 3.63) is 54.1 Å². The summed E-state index contributed by atoms with van der Waals surface area (Å²) in [4.78, 5) is 11.5. The van der Waals surface area contributed by atoms with Crippen molar-refractivity contribution in [2.24, 2.45) is 0 Å². The molecule has 0 amide bonds. The molecule has 0 aliphatic heterocycles. The molecule has 0 bridgehead atoms. The van der Waals surface area contributed by atoms with Gasteiger partial charge < -0.3 is 10.5 Å². The first-order chi connectivity index (χ1) is 8.20. The van der Waals surface area contributed by atoms with E-state index in [0.29, 0.717) is 11.3 Å². The Morgan fingerprint density at radius 3 is 2.41 bits per heavy atom. The standard InChI is InChI=1S/C14H13NO2/c1-17-14(16)12-7-11(8-13(15)9-12)10-5-3-2-4-6-10/h2-9H,15H2,1H3. The minimum atomic E-state index is -0.380. The lowest BCUT2D eigenvalue weighted by Gasteiger charge is -2.06. The Morgan fingerprint density at radius 1 is 1.06 bits per heavy atom. The third-order valence-corrected chi connectivity index (χ3v) is 2.48. The molecule has 17 heavy (non-hydrogen) atoms. The lowest BCUT2D eigenvalue weighted by Crippen LogP contribution is -2.02. The van der Waals surface area contributed by atoms with E-state index in [9.17, 15) is 4.79 Å². The van der Waals surface area contributed by atoms with Crippen LogP contribution >= 0.6 is 0 Å². The average molecular weight is 227 g/mol. The van der Waals surface area contributed by atoms with Crippen LogP contribution in [-0.4, -0.2) is 13.1 Å². The summed E-state index contributed by atoms with van der Waals surface area (Å²) in [6.07, 6.45) is 0. The molecular formula is C14H13NO2. The van der Waals surface area contributed by atoms with Crippen LogP contribution in [0.1, 0.15) is 10.4 Å². The highest BCUT2D eigenvalue weighted by atomic mass is 16.5. The number of hydrogen-bond acceptors (Lipinski definition) is 3. The number of hydrogen-bond donors (Lipinski definition) is 1. The van der Waals surface area contributed by atoms with Gasteiger partial charge in [-0.2, -0.15) is 0 Å². The van der Waals surface area contributed by atoms with E-state index >= 15 is 0 Å².